The predicted octanol–water partition coefficient (Wildman–Crippen LogP) is 3.46. The Hall–Kier alpha value is -1.19. The smallest absolute Gasteiger partial charge is 0.0602 e. The first-order valence-corrected chi connectivity index (χ1v) is 6.85. The molecule has 0 aliphatic rings. The number of pyridine rings is 1. The third-order valence-corrected chi connectivity index (χ3v) is 3.76. The summed E-state index contributed by atoms with van der Waals surface area (Å²) in [5.74, 6) is 0. The van der Waals surface area contributed by atoms with Crippen LogP contribution in [0.4, 0.5) is 0 Å². The minimum atomic E-state index is 0.263. The number of thiophene rings is 1. The van der Waals surface area contributed by atoms with Crippen LogP contribution in [0.15, 0.2) is 29.1 Å². The molecule has 0 aliphatic heterocycles. The minimum absolute atomic E-state index is 0.263. The lowest BCUT2D eigenvalue weighted by Gasteiger charge is -2.18. The van der Waals surface area contributed by atoms with Gasteiger partial charge in [-0.1, -0.05) is 13.0 Å². The molecule has 0 radical (unpaired) electrons. The topological polar surface area (TPSA) is 24.9 Å². The zero-order valence-corrected chi connectivity index (χ0v) is 11.3. The Morgan fingerprint density at radius 2 is 2.12 bits per heavy atom. The molecular weight excluding hydrogens is 228 g/mol. The molecule has 0 saturated heterocycles. The van der Waals surface area contributed by atoms with E-state index in [0.717, 1.165) is 12.2 Å². The van der Waals surface area contributed by atoms with Crippen LogP contribution >= 0.6 is 11.3 Å². The van der Waals surface area contributed by atoms with E-state index in [2.05, 4.69) is 47.0 Å². The Balaban J connectivity index is 2.35. The fourth-order valence-corrected chi connectivity index (χ4v) is 2.80. The second-order valence-electron chi connectivity index (χ2n) is 4.23. The Kier molecular flexibility index (Phi) is 3.92. The van der Waals surface area contributed by atoms with Gasteiger partial charge in [-0.25, -0.2) is 0 Å². The molecular formula is C14H18N2S. The lowest BCUT2D eigenvalue weighted by molar-refractivity contribution is 0.627. The quantitative estimate of drug-likeness (QED) is 0.893. The highest BCUT2D eigenvalue weighted by molar-refractivity contribution is 7.08. The summed E-state index contributed by atoms with van der Waals surface area (Å²) < 4.78 is 0. The molecule has 2 aromatic heterocycles. The van der Waals surface area contributed by atoms with Crippen LogP contribution in [0.25, 0.3) is 0 Å². The molecule has 2 nitrogen and oxygen atoms in total. The van der Waals surface area contributed by atoms with Crippen LogP contribution in [0.1, 0.15) is 35.3 Å². The molecule has 0 fully saturated rings. The third kappa shape index (κ3) is 2.73. The van der Waals surface area contributed by atoms with Gasteiger partial charge in [0.2, 0.25) is 0 Å². The van der Waals surface area contributed by atoms with Gasteiger partial charge in [0.1, 0.15) is 0 Å². The number of hydrogen-bond acceptors (Lipinski definition) is 3. The zero-order valence-electron chi connectivity index (χ0n) is 10.5. The van der Waals surface area contributed by atoms with Crippen LogP contribution in [-0.4, -0.2) is 11.5 Å². The van der Waals surface area contributed by atoms with Crippen LogP contribution in [-0.2, 0) is 0 Å². The van der Waals surface area contributed by atoms with Crippen LogP contribution in [0, 0.1) is 13.8 Å². The van der Waals surface area contributed by atoms with Crippen molar-refractivity contribution < 1.29 is 0 Å². The van der Waals surface area contributed by atoms with Gasteiger partial charge in [0.05, 0.1) is 6.04 Å². The SMILES string of the molecule is CCNC(c1ccc(C)nc1)c1cscc1C. The van der Waals surface area contributed by atoms with Crippen molar-refractivity contribution in [3.8, 4) is 0 Å². The van der Waals surface area contributed by atoms with E-state index in [-0.39, 0.29) is 6.04 Å². The van der Waals surface area contributed by atoms with Crippen LogP contribution in [0.3, 0.4) is 0 Å². The average molecular weight is 246 g/mol. The second-order valence-corrected chi connectivity index (χ2v) is 4.98. The van der Waals surface area contributed by atoms with Gasteiger partial charge in [0.25, 0.3) is 0 Å². The average Bonchev–Trinajstić information content (AvgIpc) is 2.74. The zero-order chi connectivity index (χ0) is 12.3. The van der Waals surface area contributed by atoms with Crippen molar-refractivity contribution in [1.29, 1.82) is 0 Å². The first kappa shape index (κ1) is 12.3. The molecule has 17 heavy (non-hydrogen) atoms. The largest absolute Gasteiger partial charge is 0.306 e. The van der Waals surface area contributed by atoms with E-state index >= 15 is 0 Å². The molecule has 3 heteroatoms. The Morgan fingerprint density at radius 1 is 1.29 bits per heavy atom. The number of hydrogen-bond donors (Lipinski definition) is 1. The Bertz CT molecular complexity index is 473. The maximum absolute atomic E-state index is 4.39. The third-order valence-electron chi connectivity index (χ3n) is 2.88. The first-order valence-electron chi connectivity index (χ1n) is 5.91. The molecule has 0 spiro atoms. The maximum atomic E-state index is 4.39. The summed E-state index contributed by atoms with van der Waals surface area (Å²) in [7, 11) is 0. The van der Waals surface area contributed by atoms with E-state index in [4.69, 9.17) is 0 Å². The molecule has 1 N–H and O–H groups in total. The number of aromatic nitrogens is 1. The van der Waals surface area contributed by atoms with E-state index in [9.17, 15) is 0 Å². The maximum Gasteiger partial charge on any atom is 0.0602 e. The monoisotopic (exact) mass is 246 g/mol. The van der Waals surface area contributed by atoms with E-state index < -0.39 is 0 Å². The molecule has 90 valence electrons. The van der Waals surface area contributed by atoms with Crippen molar-refractivity contribution in [2.24, 2.45) is 0 Å². The highest BCUT2D eigenvalue weighted by Gasteiger charge is 2.15. The normalized spacial score (nSPS) is 12.6. The molecule has 0 aromatic carbocycles. The highest BCUT2D eigenvalue weighted by atomic mass is 32.1. The minimum Gasteiger partial charge on any atom is -0.306 e. The number of aryl methyl sites for hydroxylation is 2. The standard InChI is InChI=1S/C14H18N2S/c1-4-15-14(13-9-17-8-10(13)2)12-6-5-11(3)16-7-12/h5-9,14-15H,4H2,1-3H3. The van der Waals surface area contributed by atoms with Gasteiger partial charge in [-0.2, -0.15) is 11.3 Å². The number of nitrogens with one attached hydrogen (secondary N) is 1. The molecule has 2 rings (SSSR count). The van der Waals surface area contributed by atoms with Crippen molar-refractivity contribution >= 4 is 11.3 Å². The molecule has 0 saturated carbocycles. The van der Waals surface area contributed by atoms with E-state index in [0.29, 0.717) is 0 Å². The molecule has 0 amide bonds. The van der Waals surface area contributed by atoms with Crippen LogP contribution in [0.2, 0.25) is 0 Å². The van der Waals surface area contributed by atoms with Gasteiger partial charge in [0, 0.05) is 11.9 Å². The summed E-state index contributed by atoms with van der Waals surface area (Å²) in [5.41, 5.74) is 5.01. The van der Waals surface area contributed by atoms with Crippen molar-refractivity contribution in [3.05, 3.63) is 51.5 Å². The van der Waals surface area contributed by atoms with Gasteiger partial charge >= 0.3 is 0 Å². The second kappa shape index (κ2) is 5.43. The van der Waals surface area contributed by atoms with Gasteiger partial charge in [0.15, 0.2) is 0 Å². The van der Waals surface area contributed by atoms with Gasteiger partial charge in [-0.05, 0) is 53.9 Å². The highest BCUT2D eigenvalue weighted by Crippen LogP contribution is 2.27. The van der Waals surface area contributed by atoms with Crippen molar-refractivity contribution in [1.82, 2.24) is 10.3 Å². The van der Waals surface area contributed by atoms with Gasteiger partial charge in [-0.3, -0.25) is 4.98 Å². The van der Waals surface area contributed by atoms with Gasteiger partial charge in [-0.15, -0.1) is 0 Å². The predicted molar refractivity (Wildman–Crippen MR) is 73.5 cm³/mol. The number of rotatable bonds is 4. The lowest BCUT2D eigenvalue weighted by Crippen LogP contribution is -2.22. The van der Waals surface area contributed by atoms with Crippen molar-refractivity contribution in [2.75, 3.05) is 6.54 Å². The van der Waals surface area contributed by atoms with E-state index in [1.54, 1.807) is 11.3 Å². The molecule has 0 bridgehead atoms. The Morgan fingerprint density at radius 3 is 2.65 bits per heavy atom. The molecule has 2 heterocycles. The molecule has 1 atom stereocenters. The fraction of sp³-hybridized carbons (Fsp3) is 0.357. The summed E-state index contributed by atoms with van der Waals surface area (Å²) in [6, 6.07) is 4.49. The first-order chi connectivity index (χ1) is 8.22. The lowest BCUT2D eigenvalue weighted by atomic mass is 10.00. The molecule has 0 aliphatic carbocycles. The summed E-state index contributed by atoms with van der Waals surface area (Å²) in [4.78, 5) is 4.39. The summed E-state index contributed by atoms with van der Waals surface area (Å²) in [6.45, 7) is 7.27. The summed E-state index contributed by atoms with van der Waals surface area (Å²) >= 11 is 1.76. The van der Waals surface area contributed by atoms with E-state index in [1.807, 2.05) is 13.1 Å². The van der Waals surface area contributed by atoms with Crippen LogP contribution in [0.5, 0.6) is 0 Å². The molecule has 1 unspecified atom stereocenters. The van der Waals surface area contributed by atoms with Crippen molar-refractivity contribution in [2.45, 2.75) is 26.8 Å². The van der Waals surface area contributed by atoms with Crippen molar-refractivity contribution in [3.63, 3.8) is 0 Å². The summed E-state index contributed by atoms with van der Waals surface area (Å²) in [6.07, 6.45) is 1.97. The fourth-order valence-electron chi connectivity index (χ4n) is 1.93. The summed E-state index contributed by atoms with van der Waals surface area (Å²) in [5, 5.41) is 7.95. The van der Waals surface area contributed by atoms with Crippen LogP contribution < -0.4 is 5.32 Å². The molecule has 2 aromatic rings. The van der Waals surface area contributed by atoms with Gasteiger partial charge < -0.3 is 5.32 Å². The number of nitrogens with zero attached hydrogens (tertiary/aromatic N) is 1. The Labute approximate surface area is 107 Å². The van der Waals surface area contributed by atoms with E-state index in [1.165, 1.54) is 16.7 Å².